The molecule has 0 aliphatic rings. The van der Waals surface area contributed by atoms with E-state index < -0.39 is 11.7 Å². The normalized spacial score (nSPS) is 11.5. The Morgan fingerprint density at radius 3 is 2.13 bits per heavy atom. The quantitative estimate of drug-likeness (QED) is 0.403. The van der Waals surface area contributed by atoms with E-state index in [2.05, 4.69) is 4.98 Å². The fourth-order valence-corrected chi connectivity index (χ4v) is 3.37. The summed E-state index contributed by atoms with van der Waals surface area (Å²) in [6.07, 6.45) is -1.92. The molecule has 4 rings (SSSR count). The van der Waals surface area contributed by atoms with Gasteiger partial charge in [-0.2, -0.15) is 13.2 Å². The van der Waals surface area contributed by atoms with Crippen LogP contribution in [0.25, 0.3) is 33.5 Å². The zero-order valence-electron chi connectivity index (χ0n) is 16.8. The molecule has 2 N–H and O–H groups in total. The maximum Gasteiger partial charge on any atom is 0.416 e. The molecule has 2 aromatic carbocycles. The molecule has 0 spiro atoms. The van der Waals surface area contributed by atoms with Crippen LogP contribution in [0.15, 0.2) is 79.0 Å². The van der Waals surface area contributed by atoms with Gasteiger partial charge in [-0.1, -0.05) is 37.3 Å². The minimum Gasteiger partial charge on any atom is -0.384 e. The molecule has 2 aromatic heterocycles. The van der Waals surface area contributed by atoms with Gasteiger partial charge in [-0.25, -0.2) is 4.98 Å². The van der Waals surface area contributed by atoms with E-state index >= 15 is 0 Å². The molecule has 0 fully saturated rings. The van der Waals surface area contributed by atoms with Crippen molar-refractivity contribution in [2.45, 2.75) is 19.5 Å². The summed E-state index contributed by atoms with van der Waals surface area (Å²) in [6, 6.07) is 20.6. The molecule has 156 valence electrons. The Bertz CT molecular complexity index is 1200. The van der Waals surface area contributed by atoms with Crippen molar-refractivity contribution in [3.63, 3.8) is 0 Å². The van der Waals surface area contributed by atoms with Crippen LogP contribution in [0.3, 0.4) is 0 Å². The van der Waals surface area contributed by atoms with Gasteiger partial charge in [-0.15, -0.1) is 0 Å². The number of anilines is 1. The van der Waals surface area contributed by atoms with Crippen LogP contribution in [-0.2, 0) is 12.6 Å². The molecule has 0 aliphatic heterocycles. The van der Waals surface area contributed by atoms with Crippen molar-refractivity contribution in [2.75, 3.05) is 5.73 Å². The molecule has 3 nitrogen and oxygen atoms in total. The number of hydrogen-bond acceptors (Lipinski definition) is 3. The van der Waals surface area contributed by atoms with Gasteiger partial charge in [0.25, 0.3) is 0 Å². The van der Waals surface area contributed by atoms with Crippen LogP contribution in [0.5, 0.6) is 0 Å². The second-order valence-corrected chi connectivity index (χ2v) is 7.21. The highest BCUT2D eigenvalue weighted by atomic mass is 19.4. The van der Waals surface area contributed by atoms with E-state index in [9.17, 15) is 13.2 Å². The van der Waals surface area contributed by atoms with E-state index in [1.807, 2.05) is 49.4 Å². The maximum absolute atomic E-state index is 12.9. The second-order valence-electron chi connectivity index (χ2n) is 7.21. The van der Waals surface area contributed by atoms with Crippen LogP contribution >= 0.6 is 0 Å². The van der Waals surface area contributed by atoms with E-state index in [4.69, 9.17) is 10.7 Å². The van der Waals surface area contributed by atoms with Crippen molar-refractivity contribution in [1.29, 1.82) is 0 Å². The fraction of sp³-hybridized carbons (Fsp3) is 0.120. The SMILES string of the molecule is CCc1cc(-c2ccc(C(F)(F)F)cc2)cc(-c2cccc(-c3ccc(N)nc3)c2)n1. The van der Waals surface area contributed by atoms with E-state index in [1.54, 1.807) is 12.3 Å². The number of nitrogen functional groups attached to an aromatic ring is 1. The first-order chi connectivity index (χ1) is 14.8. The van der Waals surface area contributed by atoms with Crippen LogP contribution in [0.4, 0.5) is 19.0 Å². The fourth-order valence-electron chi connectivity index (χ4n) is 3.37. The molecule has 0 aliphatic carbocycles. The summed E-state index contributed by atoms with van der Waals surface area (Å²) in [5, 5.41) is 0. The van der Waals surface area contributed by atoms with Gasteiger partial charge in [0.2, 0.25) is 0 Å². The highest BCUT2D eigenvalue weighted by Gasteiger charge is 2.30. The number of aromatic nitrogens is 2. The van der Waals surface area contributed by atoms with Crippen LogP contribution in [-0.4, -0.2) is 9.97 Å². The van der Waals surface area contributed by atoms with Gasteiger partial charge in [-0.05, 0) is 65.6 Å². The topological polar surface area (TPSA) is 51.8 Å². The highest BCUT2D eigenvalue weighted by Crippen LogP contribution is 2.33. The third-order valence-electron chi connectivity index (χ3n) is 5.06. The number of aryl methyl sites for hydroxylation is 1. The second kappa shape index (κ2) is 8.22. The third-order valence-corrected chi connectivity index (χ3v) is 5.06. The molecule has 0 saturated heterocycles. The number of halogens is 3. The number of rotatable bonds is 4. The molecule has 0 atom stereocenters. The number of hydrogen-bond donors (Lipinski definition) is 1. The minimum absolute atomic E-state index is 0.457. The van der Waals surface area contributed by atoms with Gasteiger partial charge < -0.3 is 5.73 Å². The molecular weight excluding hydrogens is 399 g/mol. The minimum atomic E-state index is -4.35. The molecular formula is C25H20F3N3. The predicted molar refractivity (Wildman–Crippen MR) is 117 cm³/mol. The highest BCUT2D eigenvalue weighted by molar-refractivity contribution is 5.75. The lowest BCUT2D eigenvalue weighted by atomic mass is 9.98. The first-order valence-electron chi connectivity index (χ1n) is 9.84. The molecule has 4 aromatic rings. The third kappa shape index (κ3) is 4.58. The molecule has 31 heavy (non-hydrogen) atoms. The summed E-state index contributed by atoms with van der Waals surface area (Å²) >= 11 is 0. The molecule has 0 amide bonds. The average Bonchev–Trinajstić information content (AvgIpc) is 2.79. The Kier molecular flexibility index (Phi) is 5.46. The van der Waals surface area contributed by atoms with Crippen molar-refractivity contribution in [3.05, 3.63) is 90.3 Å². The van der Waals surface area contributed by atoms with Crippen molar-refractivity contribution in [3.8, 4) is 33.5 Å². The van der Waals surface area contributed by atoms with Gasteiger partial charge in [0.1, 0.15) is 5.82 Å². The van der Waals surface area contributed by atoms with Crippen LogP contribution in [0, 0.1) is 0 Å². The summed E-state index contributed by atoms with van der Waals surface area (Å²) in [6.45, 7) is 2.00. The van der Waals surface area contributed by atoms with E-state index in [1.165, 1.54) is 12.1 Å². The van der Waals surface area contributed by atoms with E-state index in [0.717, 1.165) is 45.8 Å². The lowest BCUT2D eigenvalue weighted by Gasteiger charge is -2.11. The van der Waals surface area contributed by atoms with Crippen LogP contribution in [0.1, 0.15) is 18.2 Å². The maximum atomic E-state index is 12.9. The molecule has 6 heteroatoms. The van der Waals surface area contributed by atoms with Gasteiger partial charge in [-0.3, -0.25) is 4.98 Å². The molecule has 0 bridgehead atoms. The monoisotopic (exact) mass is 419 g/mol. The Morgan fingerprint density at radius 1 is 0.774 bits per heavy atom. The molecule has 0 unspecified atom stereocenters. The van der Waals surface area contributed by atoms with Gasteiger partial charge in [0, 0.05) is 23.0 Å². The molecule has 2 heterocycles. The Balaban J connectivity index is 1.75. The summed E-state index contributed by atoms with van der Waals surface area (Å²) in [7, 11) is 0. The van der Waals surface area contributed by atoms with Crippen molar-refractivity contribution >= 4 is 5.82 Å². The zero-order chi connectivity index (χ0) is 22.0. The summed E-state index contributed by atoms with van der Waals surface area (Å²) < 4.78 is 38.7. The smallest absolute Gasteiger partial charge is 0.384 e. The number of alkyl halides is 3. The summed E-state index contributed by atoms with van der Waals surface area (Å²) in [5.74, 6) is 0.457. The molecule has 0 radical (unpaired) electrons. The Labute approximate surface area is 178 Å². The lowest BCUT2D eigenvalue weighted by Crippen LogP contribution is -2.04. The van der Waals surface area contributed by atoms with Gasteiger partial charge >= 0.3 is 6.18 Å². The van der Waals surface area contributed by atoms with Crippen molar-refractivity contribution in [1.82, 2.24) is 9.97 Å². The Morgan fingerprint density at radius 2 is 1.48 bits per heavy atom. The Hall–Kier alpha value is -3.67. The lowest BCUT2D eigenvalue weighted by molar-refractivity contribution is -0.137. The van der Waals surface area contributed by atoms with Crippen LogP contribution < -0.4 is 5.73 Å². The van der Waals surface area contributed by atoms with Crippen LogP contribution in [0.2, 0.25) is 0 Å². The zero-order valence-corrected chi connectivity index (χ0v) is 16.8. The van der Waals surface area contributed by atoms with Crippen molar-refractivity contribution < 1.29 is 13.2 Å². The van der Waals surface area contributed by atoms with Crippen molar-refractivity contribution in [2.24, 2.45) is 0 Å². The first-order valence-corrected chi connectivity index (χ1v) is 9.84. The van der Waals surface area contributed by atoms with Gasteiger partial charge in [0.15, 0.2) is 0 Å². The number of pyridine rings is 2. The van der Waals surface area contributed by atoms with Gasteiger partial charge in [0.05, 0.1) is 11.3 Å². The summed E-state index contributed by atoms with van der Waals surface area (Å²) in [4.78, 5) is 8.88. The largest absolute Gasteiger partial charge is 0.416 e. The predicted octanol–water partition coefficient (Wildman–Crippen LogP) is 6.64. The van der Waals surface area contributed by atoms with E-state index in [-0.39, 0.29) is 0 Å². The number of nitrogens with two attached hydrogens (primary N) is 1. The van der Waals surface area contributed by atoms with E-state index in [0.29, 0.717) is 17.8 Å². The number of benzene rings is 2. The summed E-state index contributed by atoms with van der Waals surface area (Å²) in [5.41, 5.74) is 11.0. The standard InChI is InChI=1S/C25H20F3N3/c1-2-22-13-20(16-6-9-21(10-7-16)25(26,27)28)14-23(31-22)18-5-3-4-17(12-18)19-8-11-24(29)30-15-19/h3-15H,2H2,1H3,(H2,29,30). The molecule has 0 saturated carbocycles. The average molecular weight is 419 g/mol. The first kappa shape index (κ1) is 20.6. The number of nitrogens with zero attached hydrogens (tertiary/aromatic N) is 2.